The summed E-state index contributed by atoms with van der Waals surface area (Å²) in [6, 6.07) is 3.94. The Bertz CT molecular complexity index is 459. The highest BCUT2D eigenvalue weighted by Crippen LogP contribution is 2.40. The van der Waals surface area contributed by atoms with E-state index >= 15 is 0 Å². The van der Waals surface area contributed by atoms with Gasteiger partial charge in [-0.25, -0.2) is 0 Å². The van der Waals surface area contributed by atoms with Crippen LogP contribution >= 0.6 is 0 Å². The number of aliphatic hydroxyl groups excluding tert-OH is 1. The third kappa shape index (κ3) is 3.84. The number of methoxy groups -OCH3 is 2. The molecule has 5 nitrogen and oxygen atoms in total. The van der Waals surface area contributed by atoms with Gasteiger partial charge >= 0.3 is 0 Å². The maximum Gasteiger partial charge on any atom is 0.203 e. The van der Waals surface area contributed by atoms with Gasteiger partial charge in [-0.15, -0.1) is 0 Å². The highest BCUT2D eigenvalue weighted by Gasteiger charge is 2.21. The molecule has 1 heterocycles. The first-order valence-corrected chi connectivity index (χ1v) is 7.87. The Hall–Kier alpha value is -1.46. The van der Waals surface area contributed by atoms with Crippen LogP contribution in [-0.4, -0.2) is 50.0 Å². The summed E-state index contributed by atoms with van der Waals surface area (Å²) in [6.45, 7) is 6.75. The van der Waals surface area contributed by atoms with Gasteiger partial charge in [0.05, 0.1) is 20.3 Å². The number of nitrogens with zero attached hydrogens (tertiary/aromatic N) is 1. The zero-order valence-corrected chi connectivity index (χ0v) is 14.0. The Morgan fingerprint density at radius 2 is 1.64 bits per heavy atom. The lowest BCUT2D eigenvalue weighted by molar-refractivity contribution is 0.164. The number of ether oxygens (including phenoxy) is 3. The Balaban J connectivity index is 2.14. The van der Waals surface area contributed by atoms with E-state index in [0.29, 0.717) is 29.9 Å². The summed E-state index contributed by atoms with van der Waals surface area (Å²) in [7, 11) is 3.19. The van der Waals surface area contributed by atoms with Crippen molar-refractivity contribution in [2.45, 2.75) is 38.8 Å². The third-order valence-electron chi connectivity index (χ3n) is 4.20. The topological polar surface area (TPSA) is 51.2 Å². The Morgan fingerprint density at radius 1 is 1.09 bits per heavy atom. The quantitative estimate of drug-likeness (QED) is 0.839. The van der Waals surface area contributed by atoms with Crippen LogP contribution in [-0.2, 0) is 0 Å². The minimum Gasteiger partial charge on any atom is -0.493 e. The predicted molar refractivity (Wildman–Crippen MR) is 85.9 cm³/mol. The van der Waals surface area contributed by atoms with Gasteiger partial charge in [-0.2, -0.15) is 0 Å². The zero-order valence-electron chi connectivity index (χ0n) is 14.0. The molecule has 0 amide bonds. The molecule has 0 aliphatic carbocycles. The molecule has 1 aromatic carbocycles. The molecule has 0 radical (unpaired) electrons. The number of benzene rings is 1. The van der Waals surface area contributed by atoms with Crippen LogP contribution in [0.4, 0.5) is 0 Å². The SMILES string of the molecule is COc1cc(C(C)O)cc(OC)c1OCC(C)N1CCCC1. The molecule has 0 spiro atoms. The van der Waals surface area contributed by atoms with Gasteiger partial charge < -0.3 is 19.3 Å². The van der Waals surface area contributed by atoms with Crippen molar-refractivity contribution >= 4 is 0 Å². The molecule has 2 unspecified atom stereocenters. The molecule has 124 valence electrons. The average Bonchev–Trinajstić information content (AvgIpc) is 3.06. The normalized spacial score (nSPS) is 18.0. The van der Waals surface area contributed by atoms with Crippen molar-refractivity contribution in [2.24, 2.45) is 0 Å². The van der Waals surface area contributed by atoms with Crippen molar-refractivity contribution in [2.75, 3.05) is 33.9 Å². The smallest absolute Gasteiger partial charge is 0.203 e. The van der Waals surface area contributed by atoms with Crippen LogP contribution in [0.3, 0.4) is 0 Å². The van der Waals surface area contributed by atoms with E-state index < -0.39 is 6.10 Å². The second-order valence-corrected chi connectivity index (χ2v) is 5.83. The Kier molecular flexibility index (Phi) is 5.91. The highest BCUT2D eigenvalue weighted by atomic mass is 16.5. The van der Waals surface area contributed by atoms with Crippen LogP contribution in [0.25, 0.3) is 0 Å². The molecule has 22 heavy (non-hydrogen) atoms. The van der Waals surface area contributed by atoms with E-state index in [-0.39, 0.29) is 0 Å². The molecule has 1 aliphatic heterocycles. The van der Waals surface area contributed by atoms with Crippen molar-refractivity contribution in [1.82, 2.24) is 4.90 Å². The van der Waals surface area contributed by atoms with Gasteiger partial charge in [0, 0.05) is 6.04 Å². The third-order valence-corrected chi connectivity index (χ3v) is 4.20. The maximum absolute atomic E-state index is 9.76. The molecule has 5 heteroatoms. The van der Waals surface area contributed by atoms with Gasteiger partial charge in [-0.05, 0) is 57.5 Å². The lowest BCUT2D eigenvalue weighted by Crippen LogP contribution is -2.34. The number of likely N-dealkylation sites (tertiary alicyclic amines) is 1. The van der Waals surface area contributed by atoms with Crippen LogP contribution < -0.4 is 14.2 Å². The van der Waals surface area contributed by atoms with E-state index in [1.54, 1.807) is 33.3 Å². The standard InChI is InChI=1S/C17H27NO4/c1-12(18-7-5-6-8-18)11-22-17-15(20-3)9-14(13(2)19)10-16(17)21-4/h9-10,12-13,19H,5-8,11H2,1-4H3. The van der Waals surface area contributed by atoms with Crippen molar-refractivity contribution in [3.05, 3.63) is 17.7 Å². The molecular formula is C17H27NO4. The van der Waals surface area contributed by atoms with Crippen molar-refractivity contribution < 1.29 is 19.3 Å². The first kappa shape index (κ1) is 16.9. The lowest BCUT2D eigenvalue weighted by Gasteiger charge is -2.25. The molecule has 0 aromatic heterocycles. The minimum absolute atomic E-state index is 0.355. The lowest BCUT2D eigenvalue weighted by atomic mass is 10.1. The molecule has 1 aromatic rings. The molecule has 2 rings (SSSR count). The van der Waals surface area contributed by atoms with E-state index in [4.69, 9.17) is 14.2 Å². The summed E-state index contributed by atoms with van der Waals surface area (Å²) in [4.78, 5) is 2.43. The van der Waals surface area contributed by atoms with Crippen LogP contribution in [0.15, 0.2) is 12.1 Å². The second kappa shape index (κ2) is 7.70. The van der Waals surface area contributed by atoms with E-state index in [1.165, 1.54) is 12.8 Å². The highest BCUT2D eigenvalue weighted by molar-refractivity contribution is 5.54. The second-order valence-electron chi connectivity index (χ2n) is 5.83. The van der Waals surface area contributed by atoms with E-state index in [1.807, 2.05) is 0 Å². The summed E-state index contributed by atoms with van der Waals surface area (Å²) in [5.74, 6) is 1.77. The molecule has 1 saturated heterocycles. The summed E-state index contributed by atoms with van der Waals surface area (Å²) < 4.78 is 16.8. The molecule has 1 N–H and O–H groups in total. The number of rotatable bonds is 7. The minimum atomic E-state index is -0.583. The summed E-state index contributed by atoms with van der Waals surface area (Å²) in [5, 5.41) is 9.76. The fourth-order valence-electron chi connectivity index (χ4n) is 2.78. The largest absolute Gasteiger partial charge is 0.493 e. The number of hydrogen-bond donors (Lipinski definition) is 1. The van der Waals surface area contributed by atoms with E-state index in [9.17, 15) is 5.11 Å². The van der Waals surface area contributed by atoms with Gasteiger partial charge in [-0.1, -0.05) is 0 Å². The van der Waals surface area contributed by atoms with Crippen LogP contribution in [0.5, 0.6) is 17.2 Å². The Morgan fingerprint density at radius 3 is 2.09 bits per heavy atom. The van der Waals surface area contributed by atoms with Gasteiger partial charge in [0.2, 0.25) is 5.75 Å². The molecule has 1 fully saturated rings. The number of hydrogen-bond acceptors (Lipinski definition) is 5. The fraction of sp³-hybridized carbons (Fsp3) is 0.647. The molecular weight excluding hydrogens is 282 g/mol. The fourth-order valence-corrected chi connectivity index (χ4v) is 2.78. The van der Waals surface area contributed by atoms with Gasteiger partial charge in [0.1, 0.15) is 6.61 Å². The average molecular weight is 309 g/mol. The molecule has 2 atom stereocenters. The first-order valence-electron chi connectivity index (χ1n) is 7.87. The zero-order chi connectivity index (χ0) is 16.1. The molecule has 1 aliphatic rings. The van der Waals surface area contributed by atoms with Crippen LogP contribution in [0, 0.1) is 0 Å². The molecule has 0 bridgehead atoms. The monoisotopic (exact) mass is 309 g/mol. The van der Waals surface area contributed by atoms with Crippen molar-refractivity contribution in [1.29, 1.82) is 0 Å². The van der Waals surface area contributed by atoms with Gasteiger partial charge in [0.15, 0.2) is 11.5 Å². The van der Waals surface area contributed by atoms with Crippen LogP contribution in [0.1, 0.15) is 38.4 Å². The van der Waals surface area contributed by atoms with Gasteiger partial charge in [0.25, 0.3) is 0 Å². The Labute approximate surface area is 132 Å². The van der Waals surface area contributed by atoms with Gasteiger partial charge in [-0.3, -0.25) is 4.90 Å². The van der Waals surface area contributed by atoms with Crippen molar-refractivity contribution in [3.63, 3.8) is 0 Å². The van der Waals surface area contributed by atoms with Crippen molar-refractivity contribution in [3.8, 4) is 17.2 Å². The van der Waals surface area contributed by atoms with Crippen LogP contribution in [0.2, 0.25) is 0 Å². The van der Waals surface area contributed by atoms with E-state index in [2.05, 4.69) is 11.8 Å². The first-order chi connectivity index (χ1) is 10.6. The molecule has 0 saturated carbocycles. The predicted octanol–water partition coefficient (Wildman–Crippen LogP) is 2.62. The summed E-state index contributed by atoms with van der Waals surface area (Å²) >= 11 is 0. The van der Waals surface area contributed by atoms with E-state index in [0.717, 1.165) is 18.7 Å². The summed E-state index contributed by atoms with van der Waals surface area (Å²) in [5.41, 5.74) is 0.744. The summed E-state index contributed by atoms with van der Waals surface area (Å²) in [6.07, 6.45) is 1.94. The number of aliphatic hydroxyl groups is 1. The maximum atomic E-state index is 9.76.